The van der Waals surface area contributed by atoms with Crippen molar-refractivity contribution in [3.63, 3.8) is 0 Å². The molecule has 0 spiro atoms. The molecule has 3 nitrogen and oxygen atoms in total. The Balaban J connectivity index is 0. The van der Waals surface area contributed by atoms with Crippen LogP contribution in [0.1, 0.15) is 0 Å². The van der Waals surface area contributed by atoms with E-state index in [9.17, 15) is 0 Å². The summed E-state index contributed by atoms with van der Waals surface area (Å²) in [4.78, 5) is 0. The molecule has 6 N–H and O–H groups in total. The van der Waals surface area contributed by atoms with Crippen molar-refractivity contribution in [2.75, 3.05) is 0 Å². The molecule has 0 saturated heterocycles. The van der Waals surface area contributed by atoms with Crippen molar-refractivity contribution in [3.8, 4) is 0 Å². The summed E-state index contributed by atoms with van der Waals surface area (Å²) >= 11 is 0. The normalized spacial score (nSPS) is 0. The predicted molar refractivity (Wildman–Crippen MR) is 25.3 cm³/mol. The predicted octanol–water partition coefficient (Wildman–Crippen LogP) is -1.63. The van der Waals surface area contributed by atoms with Gasteiger partial charge in [-0.2, -0.15) is 0 Å². The third kappa shape index (κ3) is 63.7. The molecular formula is H8AuCl2O3. The van der Waals surface area contributed by atoms with Crippen molar-refractivity contribution in [2.24, 2.45) is 0 Å². The molecule has 0 aliphatic heterocycles. The molecule has 0 aromatic heterocycles. The van der Waals surface area contributed by atoms with Gasteiger partial charge in [0.1, 0.15) is 0 Å². The molecule has 0 fully saturated rings. The molecule has 51 valence electrons. The van der Waals surface area contributed by atoms with Gasteiger partial charge in [0.05, 0.1) is 0 Å². The van der Waals surface area contributed by atoms with E-state index in [0.717, 1.165) is 0 Å². The van der Waals surface area contributed by atoms with Gasteiger partial charge in [0.2, 0.25) is 0 Å². The van der Waals surface area contributed by atoms with Crippen LogP contribution in [0.5, 0.6) is 0 Å². The van der Waals surface area contributed by atoms with Gasteiger partial charge in [-0.1, -0.05) is 0 Å². The first-order chi connectivity index (χ1) is 0. The van der Waals surface area contributed by atoms with Crippen molar-refractivity contribution in [3.05, 3.63) is 0 Å². The van der Waals surface area contributed by atoms with E-state index in [0.29, 0.717) is 0 Å². The monoisotopic (exact) mass is 323 g/mol. The summed E-state index contributed by atoms with van der Waals surface area (Å²) in [5, 5.41) is 0. The fourth-order valence-corrected chi connectivity index (χ4v) is 0. The third-order valence-corrected chi connectivity index (χ3v) is 0. The van der Waals surface area contributed by atoms with E-state index in [2.05, 4.69) is 0 Å². The SMILES string of the molecule is Cl.Cl.O.O.O.[Au]. The Hall–Kier alpha value is 1.20. The van der Waals surface area contributed by atoms with Crippen LogP contribution < -0.4 is 0 Å². The van der Waals surface area contributed by atoms with Gasteiger partial charge in [-0.05, 0) is 0 Å². The second-order valence-corrected chi connectivity index (χ2v) is 0. The first-order valence-electron chi connectivity index (χ1n) is 0. The fraction of sp³-hybridized carbons (Fsp3) is 0. The van der Waals surface area contributed by atoms with Gasteiger partial charge in [-0.15, -0.1) is 24.8 Å². The first-order valence-corrected chi connectivity index (χ1v) is 0. The fourth-order valence-electron chi connectivity index (χ4n) is 0. The summed E-state index contributed by atoms with van der Waals surface area (Å²) in [5.74, 6) is 0. The van der Waals surface area contributed by atoms with Crippen molar-refractivity contribution in [1.82, 2.24) is 0 Å². The first kappa shape index (κ1) is 192. The average Bonchev–Trinajstić information content (AvgIpc) is 0. The summed E-state index contributed by atoms with van der Waals surface area (Å²) in [6, 6.07) is 0. The number of hydrogen-bond acceptors (Lipinski definition) is 0. The van der Waals surface area contributed by atoms with Gasteiger partial charge in [-0.3, -0.25) is 0 Å². The summed E-state index contributed by atoms with van der Waals surface area (Å²) in [6.07, 6.45) is 0. The van der Waals surface area contributed by atoms with E-state index in [1.807, 2.05) is 0 Å². The van der Waals surface area contributed by atoms with Crippen LogP contribution in [0.3, 0.4) is 0 Å². The second kappa shape index (κ2) is 116. The van der Waals surface area contributed by atoms with E-state index in [1.54, 1.807) is 0 Å². The van der Waals surface area contributed by atoms with E-state index in [1.165, 1.54) is 0 Å². The Morgan fingerprint density at radius 3 is 0.500 bits per heavy atom. The van der Waals surface area contributed by atoms with E-state index in [-0.39, 0.29) is 63.6 Å². The Bertz CT molecular complexity index is 8.75. The minimum absolute atomic E-state index is 0. The molecule has 0 heterocycles. The zero-order chi connectivity index (χ0) is 0. The van der Waals surface area contributed by atoms with Crippen molar-refractivity contribution in [2.45, 2.75) is 0 Å². The maximum absolute atomic E-state index is 0. The second-order valence-electron chi connectivity index (χ2n) is 0. The van der Waals surface area contributed by atoms with E-state index < -0.39 is 0 Å². The van der Waals surface area contributed by atoms with Crippen molar-refractivity contribution in [1.29, 1.82) is 0 Å². The van der Waals surface area contributed by atoms with Crippen LogP contribution in [-0.2, 0) is 22.4 Å². The quantitative estimate of drug-likeness (QED) is 0.478. The standard InChI is InChI=1S/Au.2ClH.3H2O/h;2*1H;3*1H2. The Kier molecular flexibility index (Phi) is 3730. The van der Waals surface area contributed by atoms with Gasteiger partial charge >= 0.3 is 0 Å². The molecule has 0 bridgehead atoms. The number of hydrogen-bond donors (Lipinski definition) is 0. The maximum Gasteiger partial charge on any atom is 0 e. The van der Waals surface area contributed by atoms with E-state index in [4.69, 9.17) is 0 Å². The molecule has 0 aliphatic rings. The number of halogens is 2. The van der Waals surface area contributed by atoms with Gasteiger partial charge in [0.25, 0.3) is 0 Å². The largest absolute Gasteiger partial charge is 0.412 e. The van der Waals surface area contributed by atoms with Crippen LogP contribution in [-0.4, -0.2) is 16.4 Å². The summed E-state index contributed by atoms with van der Waals surface area (Å²) in [7, 11) is 0. The molecule has 0 amide bonds. The molecule has 0 atom stereocenters. The Morgan fingerprint density at radius 2 is 0.500 bits per heavy atom. The van der Waals surface area contributed by atoms with Crippen LogP contribution in [0.4, 0.5) is 0 Å². The Labute approximate surface area is 63.8 Å². The van der Waals surface area contributed by atoms with Crippen LogP contribution in [0.25, 0.3) is 0 Å². The molecule has 0 aromatic rings. The molecule has 0 aliphatic carbocycles. The molecule has 0 rings (SSSR count). The maximum atomic E-state index is 0. The topological polar surface area (TPSA) is 94.5 Å². The molecular weight excluding hydrogens is 316 g/mol. The zero-order valence-corrected chi connectivity index (χ0v) is 6.42. The summed E-state index contributed by atoms with van der Waals surface area (Å²) in [5.41, 5.74) is 0. The van der Waals surface area contributed by atoms with Crippen molar-refractivity contribution >= 4 is 24.8 Å². The van der Waals surface area contributed by atoms with Crippen LogP contribution >= 0.6 is 24.8 Å². The minimum atomic E-state index is 0. The summed E-state index contributed by atoms with van der Waals surface area (Å²) < 4.78 is 0. The smallest absolute Gasteiger partial charge is 0 e. The molecule has 6 heteroatoms. The zero-order valence-electron chi connectivity index (χ0n) is 2.62. The third-order valence-electron chi connectivity index (χ3n) is 0. The molecule has 1 radical (unpaired) electrons. The van der Waals surface area contributed by atoms with Crippen LogP contribution in [0.2, 0.25) is 0 Å². The van der Waals surface area contributed by atoms with Gasteiger partial charge in [-0.25, -0.2) is 0 Å². The molecule has 0 aromatic carbocycles. The van der Waals surface area contributed by atoms with Crippen LogP contribution in [0, 0.1) is 0 Å². The molecule has 0 unspecified atom stereocenters. The molecule has 0 saturated carbocycles. The molecule has 6 heavy (non-hydrogen) atoms. The average molecular weight is 324 g/mol. The Morgan fingerprint density at radius 1 is 0.500 bits per heavy atom. The van der Waals surface area contributed by atoms with Crippen LogP contribution in [0.15, 0.2) is 0 Å². The van der Waals surface area contributed by atoms with Gasteiger partial charge < -0.3 is 16.4 Å². The van der Waals surface area contributed by atoms with Crippen molar-refractivity contribution < 1.29 is 38.8 Å². The minimum Gasteiger partial charge on any atom is -0.412 e. The number of rotatable bonds is 0. The van der Waals surface area contributed by atoms with Gasteiger partial charge in [0.15, 0.2) is 0 Å². The van der Waals surface area contributed by atoms with E-state index >= 15 is 0 Å². The summed E-state index contributed by atoms with van der Waals surface area (Å²) in [6.45, 7) is 0. The van der Waals surface area contributed by atoms with Gasteiger partial charge in [0, 0.05) is 22.4 Å².